The largest absolute Gasteiger partial charge is 0.370 e. The Morgan fingerprint density at radius 1 is 1.04 bits per heavy atom. The summed E-state index contributed by atoms with van der Waals surface area (Å²) >= 11 is 0. The second-order valence-corrected chi connectivity index (χ2v) is 7.65. The maximum Gasteiger partial charge on any atom is 0.253 e. The molecule has 1 unspecified atom stereocenters. The molecule has 2 fully saturated rings. The normalized spacial score (nSPS) is 19.6. The number of aromatic nitrogens is 1. The second kappa shape index (κ2) is 7.59. The number of hydrogen-bond acceptors (Lipinski definition) is 4. The molecule has 1 aromatic heterocycles. The van der Waals surface area contributed by atoms with Gasteiger partial charge in [0.2, 0.25) is 0 Å². The third kappa shape index (κ3) is 3.51. The molecular formula is C22H28N4O. The van der Waals surface area contributed by atoms with Crippen LogP contribution in [0.25, 0.3) is 0 Å². The molecule has 1 atom stereocenters. The summed E-state index contributed by atoms with van der Waals surface area (Å²) < 4.78 is 0. The van der Waals surface area contributed by atoms with Gasteiger partial charge in [-0.25, -0.2) is 0 Å². The Labute approximate surface area is 161 Å². The summed E-state index contributed by atoms with van der Waals surface area (Å²) in [6.07, 6.45) is 8.37. The highest BCUT2D eigenvalue weighted by Crippen LogP contribution is 2.34. The number of benzene rings is 1. The van der Waals surface area contributed by atoms with E-state index in [1.165, 1.54) is 18.5 Å². The Kier molecular flexibility index (Phi) is 5.01. The molecule has 27 heavy (non-hydrogen) atoms. The van der Waals surface area contributed by atoms with Crippen molar-refractivity contribution in [3.63, 3.8) is 0 Å². The van der Waals surface area contributed by atoms with Crippen molar-refractivity contribution in [2.45, 2.75) is 45.7 Å². The van der Waals surface area contributed by atoms with E-state index >= 15 is 0 Å². The van der Waals surface area contributed by atoms with E-state index in [0.29, 0.717) is 0 Å². The van der Waals surface area contributed by atoms with Crippen molar-refractivity contribution >= 4 is 17.3 Å². The van der Waals surface area contributed by atoms with Crippen molar-refractivity contribution in [3.05, 3.63) is 53.3 Å². The molecule has 142 valence electrons. The minimum Gasteiger partial charge on any atom is -0.370 e. The van der Waals surface area contributed by atoms with Crippen molar-refractivity contribution in [1.29, 1.82) is 0 Å². The predicted molar refractivity (Wildman–Crippen MR) is 109 cm³/mol. The van der Waals surface area contributed by atoms with E-state index in [1.54, 1.807) is 0 Å². The topological polar surface area (TPSA) is 48.5 Å². The van der Waals surface area contributed by atoms with Gasteiger partial charge in [0.1, 0.15) is 6.17 Å². The Hall–Kier alpha value is -2.56. The van der Waals surface area contributed by atoms with E-state index < -0.39 is 0 Å². The van der Waals surface area contributed by atoms with Gasteiger partial charge in [-0.05, 0) is 56.7 Å². The third-order valence-electron chi connectivity index (χ3n) is 5.79. The van der Waals surface area contributed by atoms with Crippen molar-refractivity contribution in [1.82, 2.24) is 10.3 Å². The number of pyridine rings is 1. The van der Waals surface area contributed by atoms with Crippen LogP contribution < -0.4 is 15.1 Å². The number of anilines is 2. The summed E-state index contributed by atoms with van der Waals surface area (Å²) in [5.41, 5.74) is 5.24. The number of hydrogen-bond donors (Lipinski definition) is 1. The lowest BCUT2D eigenvalue weighted by atomic mass is 10.0. The summed E-state index contributed by atoms with van der Waals surface area (Å²) in [6.45, 7) is 7.15. The molecule has 0 spiro atoms. The second-order valence-electron chi connectivity index (χ2n) is 7.65. The lowest BCUT2D eigenvalue weighted by Crippen LogP contribution is -2.45. The van der Waals surface area contributed by atoms with Crippen LogP contribution in [0.1, 0.15) is 47.2 Å². The third-order valence-corrected chi connectivity index (χ3v) is 5.79. The van der Waals surface area contributed by atoms with E-state index in [9.17, 15) is 4.79 Å². The van der Waals surface area contributed by atoms with Crippen LogP contribution in [0.3, 0.4) is 0 Å². The molecule has 0 radical (unpaired) electrons. The van der Waals surface area contributed by atoms with Crippen molar-refractivity contribution in [2.24, 2.45) is 0 Å². The van der Waals surface area contributed by atoms with Gasteiger partial charge in [-0.2, -0.15) is 0 Å². The molecule has 1 amide bonds. The van der Waals surface area contributed by atoms with Gasteiger partial charge >= 0.3 is 0 Å². The number of nitrogens with zero attached hydrogens (tertiary/aromatic N) is 3. The summed E-state index contributed by atoms with van der Waals surface area (Å²) in [7, 11) is 0. The van der Waals surface area contributed by atoms with Crippen LogP contribution in [-0.4, -0.2) is 36.7 Å². The first-order valence-electron chi connectivity index (χ1n) is 9.98. The molecule has 1 aromatic carbocycles. The minimum atomic E-state index is 0.0158. The number of rotatable bonds is 4. The van der Waals surface area contributed by atoms with Gasteiger partial charge in [0.15, 0.2) is 0 Å². The Balaban J connectivity index is 1.58. The molecule has 5 nitrogen and oxygen atoms in total. The zero-order valence-electron chi connectivity index (χ0n) is 16.2. The molecule has 4 rings (SSSR count). The van der Waals surface area contributed by atoms with Gasteiger partial charge in [0.05, 0.1) is 17.6 Å². The van der Waals surface area contributed by atoms with Gasteiger partial charge < -0.3 is 15.1 Å². The van der Waals surface area contributed by atoms with Gasteiger partial charge in [0, 0.05) is 31.4 Å². The van der Waals surface area contributed by atoms with Crippen LogP contribution in [0, 0.1) is 13.8 Å². The number of carbonyl (C=O) groups excluding carboxylic acids is 1. The summed E-state index contributed by atoms with van der Waals surface area (Å²) in [5, 5.41) is 3.28. The highest BCUT2D eigenvalue weighted by molar-refractivity contribution is 5.97. The molecule has 5 heteroatoms. The summed E-state index contributed by atoms with van der Waals surface area (Å²) in [4.78, 5) is 22.1. The zero-order chi connectivity index (χ0) is 18.8. The van der Waals surface area contributed by atoms with Gasteiger partial charge in [-0.15, -0.1) is 0 Å². The Morgan fingerprint density at radius 3 is 2.52 bits per heavy atom. The molecule has 0 bridgehead atoms. The summed E-state index contributed by atoms with van der Waals surface area (Å²) in [5.74, 6) is 0.0223. The molecule has 1 N–H and O–H groups in total. The highest BCUT2D eigenvalue weighted by atomic mass is 16.1. The van der Waals surface area contributed by atoms with E-state index in [0.717, 1.165) is 54.9 Å². The minimum absolute atomic E-state index is 0.0158. The van der Waals surface area contributed by atoms with Crippen LogP contribution in [-0.2, 0) is 0 Å². The molecule has 2 aromatic rings. The number of carbonyl (C=O) groups is 1. The molecule has 2 aliphatic rings. The fourth-order valence-corrected chi connectivity index (χ4v) is 4.43. The number of aryl methyl sites for hydroxylation is 2. The van der Waals surface area contributed by atoms with Gasteiger partial charge in [-0.1, -0.05) is 18.2 Å². The van der Waals surface area contributed by atoms with Crippen molar-refractivity contribution in [2.75, 3.05) is 29.4 Å². The van der Waals surface area contributed by atoms with Crippen LogP contribution >= 0.6 is 0 Å². The van der Waals surface area contributed by atoms with E-state index in [4.69, 9.17) is 0 Å². The number of amides is 1. The lowest BCUT2D eigenvalue weighted by Gasteiger charge is -2.31. The average molecular weight is 364 g/mol. The van der Waals surface area contributed by atoms with Crippen molar-refractivity contribution < 1.29 is 4.79 Å². The van der Waals surface area contributed by atoms with E-state index in [1.807, 2.05) is 44.4 Å². The van der Waals surface area contributed by atoms with Crippen LogP contribution in [0.2, 0.25) is 0 Å². The first-order chi connectivity index (χ1) is 13.1. The molecule has 0 saturated carbocycles. The Bertz CT molecular complexity index is 809. The molecule has 2 saturated heterocycles. The number of nitrogens with one attached hydrogen (secondary N) is 1. The molecule has 0 aliphatic carbocycles. The maximum atomic E-state index is 13.0. The first kappa shape index (κ1) is 17.8. The van der Waals surface area contributed by atoms with Crippen LogP contribution in [0.15, 0.2) is 36.7 Å². The smallest absolute Gasteiger partial charge is 0.253 e. The SMILES string of the molecule is Cc1cccc(C)c1C(=O)NC1CCCN1c1cnccc1N1CCCC1. The molecule has 3 heterocycles. The fourth-order valence-electron chi connectivity index (χ4n) is 4.43. The zero-order valence-corrected chi connectivity index (χ0v) is 16.2. The van der Waals surface area contributed by atoms with E-state index in [2.05, 4.69) is 26.2 Å². The van der Waals surface area contributed by atoms with Crippen LogP contribution in [0.4, 0.5) is 11.4 Å². The predicted octanol–water partition coefficient (Wildman–Crippen LogP) is 3.65. The monoisotopic (exact) mass is 364 g/mol. The quantitative estimate of drug-likeness (QED) is 0.900. The van der Waals surface area contributed by atoms with E-state index in [-0.39, 0.29) is 12.1 Å². The first-order valence-corrected chi connectivity index (χ1v) is 9.98. The van der Waals surface area contributed by atoms with Gasteiger partial charge in [-0.3, -0.25) is 9.78 Å². The van der Waals surface area contributed by atoms with Crippen molar-refractivity contribution in [3.8, 4) is 0 Å². The maximum absolute atomic E-state index is 13.0. The lowest BCUT2D eigenvalue weighted by molar-refractivity contribution is 0.0937. The fraction of sp³-hybridized carbons (Fsp3) is 0.455. The average Bonchev–Trinajstić information content (AvgIpc) is 3.33. The van der Waals surface area contributed by atoms with Crippen LogP contribution in [0.5, 0.6) is 0 Å². The molecule has 2 aliphatic heterocycles. The van der Waals surface area contributed by atoms with Gasteiger partial charge in [0.25, 0.3) is 5.91 Å². The Morgan fingerprint density at radius 2 is 1.78 bits per heavy atom. The highest BCUT2D eigenvalue weighted by Gasteiger charge is 2.30. The molecular weight excluding hydrogens is 336 g/mol. The summed E-state index contributed by atoms with van der Waals surface area (Å²) in [6, 6.07) is 8.12. The standard InChI is InChI=1S/C22H28N4O/c1-16-7-5-8-17(2)21(16)22(27)24-20-9-6-14-26(20)19-15-23-11-10-18(19)25-12-3-4-13-25/h5,7-8,10-11,15,20H,3-4,6,9,12-14H2,1-2H3,(H,24,27).